The molecule has 1 aliphatic heterocycles. The standard InChI is InChI=1S/C8H6ClNO3/c9-10-8(11)5-1-2-6-7(3-5)13-4-12-6/h1-3H,4H2,(H,10,11). The van der Waals surface area contributed by atoms with E-state index in [4.69, 9.17) is 21.3 Å². The van der Waals surface area contributed by atoms with E-state index in [-0.39, 0.29) is 12.7 Å². The van der Waals surface area contributed by atoms with Crippen molar-refractivity contribution in [3.63, 3.8) is 0 Å². The quantitative estimate of drug-likeness (QED) is 0.694. The first-order chi connectivity index (χ1) is 6.31. The van der Waals surface area contributed by atoms with Gasteiger partial charge in [0.1, 0.15) is 0 Å². The summed E-state index contributed by atoms with van der Waals surface area (Å²) in [6.07, 6.45) is 0. The van der Waals surface area contributed by atoms with E-state index in [0.717, 1.165) is 0 Å². The number of rotatable bonds is 1. The van der Waals surface area contributed by atoms with Crippen LogP contribution < -0.4 is 14.3 Å². The first kappa shape index (κ1) is 8.19. The van der Waals surface area contributed by atoms with Crippen LogP contribution in [0.25, 0.3) is 0 Å². The first-order valence-corrected chi connectivity index (χ1v) is 3.99. The summed E-state index contributed by atoms with van der Waals surface area (Å²) in [7, 11) is 0. The van der Waals surface area contributed by atoms with E-state index in [2.05, 4.69) is 0 Å². The number of ether oxygens (including phenoxy) is 2. The smallest absolute Gasteiger partial charge is 0.265 e. The first-order valence-electron chi connectivity index (χ1n) is 3.62. The van der Waals surface area contributed by atoms with Crippen LogP contribution in [0.1, 0.15) is 10.4 Å². The minimum atomic E-state index is -0.361. The summed E-state index contributed by atoms with van der Waals surface area (Å²) in [4.78, 5) is 13.1. The molecule has 1 aromatic rings. The Morgan fingerprint density at radius 1 is 1.38 bits per heavy atom. The molecule has 0 spiro atoms. The molecule has 68 valence electrons. The molecule has 0 unspecified atom stereocenters. The minimum Gasteiger partial charge on any atom is -0.454 e. The molecule has 0 aliphatic carbocycles. The van der Waals surface area contributed by atoms with E-state index in [1.807, 2.05) is 4.84 Å². The van der Waals surface area contributed by atoms with Gasteiger partial charge in [0.25, 0.3) is 5.91 Å². The van der Waals surface area contributed by atoms with Gasteiger partial charge < -0.3 is 9.47 Å². The van der Waals surface area contributed by atoms with Crippen molar-refractivity contribution in [2.75, 3.05) is 6.79 Å². The molecule has 1 aliphatic rings. The van der Waals surface area contributed by atoms with Crippen LogP contribution in [-0.4, -0.2) is 12.7 Å². The molecule has 0 saturated carbocycles. The van der Waals surface area contributed by atoms with Crippen LogP contribution in [0, 0.1) is 0 Å². The monoisotopic (exact) mass is 199 g/mol. The van der Waals surface area contributed by atoms with Gasteiger partial charge >= 0.3 is 0 Å². The maximum atomic E-state index is 11.1. The van der Waals surface area contributed by atoms with E-state index in [9.17, 15) is 4.79 Å². The average molecular weight is 200 g/mol. The lowest BCUT2D eigenvalue weighted by atomic mass is 10.2. The van der Waals surface area contributed by atoms with Crippen LogP contribution in [0.4, 0.5) is 0 Å². The molecule has 13 heavy (non-hydrogen) atoms. The van der Waals surface area contributed by atoms with E-state index in [0.29, 0.717) is 17.1 Å². The Morgan fingerprint density at radius 3 is 2.92 bits per heavy atom. The van der Waals surface area contributed by atoms with Crippen LogP contribution in [0.15, 0.2) is 18.2 Å². The second-order valence-electron chi connectivity index (χ2n) is 2.49. The van der Waals surface area contributed by atoms with Gasteiger partial charge in [0.15, 0.2) is 11.5 Å². The number of carbonyl (C=O) groups is 1. The minimum absolute atomic E-state index is 0.196. The molecular formula is C8H6ClNO3. The number of fused-ring (bicyclic) bond motifs is 1. The SMILES string of the molecule is O=C(NCl)c1ccc2c(c1)OCO2. The number of nitrogens with one attached hydrogen (secondary N) is 1. The van der Waals surface area contributed by atoms with Gasteiger partial charge in [-0.3, -0.25) is 9.63 Å². The summed E-state index contributed by atoms with van der Waals surface area (Å²) in [5, 5.41) is 0. The van der Waals surface area contributed by atoms with Crippen molar-refractivity contribution in [3.8, 4) is 11.5 Å². The predicted molar refractivity (Wildman–Crippen MR) is 45.9 cm³/mol. The molecule has 0 saturated heterocycles. The molecule has 1 amide bonds. The van der Waals surface area contributed by atoms with Gasteiger partial charge in [-0.25, -0.2) is 0 Å². The van der Waals surface area contributed by atoms with Crippen LogP contribution in [0.2, 0.25) is 0 Å². The Hall–Kier alpha value is -1.42. The van der Waals surface area contributed by atoms with Crippen LogP contribution in [0.5, 0.6) is 11.5 Å². The predicted octanol–water partition coefficient (Wildman–Crippen LogP) is 1.30. The molecule has 1 heterocycles. The molecule has 4 nitrogen and oxygen atoms in total. The normalized spacial score (nSPS) is 12.7. The van der Waals surface area contributed by atoms with Gasteiger partial charge in [0.05, 0.1) is 0 Å². The topological polar surface area (TPSA) is 47.6 Å². The Balaban J connectivity index is 2.36. The van der Waals surface area contributed by atoms with Crippen molar-refractivity contribution in [1.82, 2.24) is 4.84 Å². The van der Waals surface area contributed by atoms with E-state index in [1.54, 1.807) is 18.2 Å². The zero-order valence-corrected chi connectivity index (χ0v) is 7.30. The lowest BCUT2D eigenvalue weighted by Gasteiger charge is -1.99. The van der Waals surface area contributed by atoms with Gasteiger partial charge in [0.2, 0.25) is 6.79 Å². The van der Waals surface area contributed by atoms with Gasteiger partial charge in [-0.15, -0.1) is 0 Å². The van der Waals surface area contributed by atoms with Crippen molar-refractivity contribution in [2.24, 2.45) is 0 Å². The Labute approximate surface area is 79.5 Å². The van der Waals surface area contributed by atoms with Gasteiger partial charge in [-0.05, 0) is 18.2 Å². The number of benzene rings is 1. The highest BCUT2D eigenvalue weighted by molar-refractivity contribution is 6.24. The van der Waals surface area contributed by atoms with Gasteiger partial charge in [0, 0.05) is 17.3 Å². The Morgan fingerprint density at radius 2 is 2.15 bits per heavy atom. The third-order valence-electron chi connectivity index (χ3n) is 1.72. The van der Waals surface area contributed by atoms with E-state index >= 15 is 0 Å². The zero-order valence-electron chi connectivity index (χ0n) is 6.54. The Bertz CT molecular complexity index is 353. The third-order valence-corrected chi connectivity index (χ3v) is 1.89. The maximum absolute atomic E-state index is 11.1. The van der Waals surface area contributed by atoms with E-state index in [1.165, 1.54) is 0 Å². The highest BCUT2D eigenvalue weighted by Gasteiger charge is 2.15. The largest absolute Gasteiger partial charge is 0.454 e. The molecule has 1 aromatic carbocycles. The zero-order chi connectivity index (χ0) is 9.26. The number of halogens is 1. The van der Waals surface area contributed by atoms with Crippen molar-refractivity contribution < 1.29 is 14.3 Å². The average Bonchev–Trinajstić information content (AvgIpc) is 2.63. The van der Waals surface area contributed by atoms with Crippen molar-refractivity contribution in [1.29, 1.82) is 0 Å². The van der Waals surface area contributed by atoms with Crippen molar-refractivity contribution in [2.45, 2.75) is 0 Å². The summed E-state index contributed by atoms with van der Waals surface area (Å²) in [5.41, 5.74) is 0.444. The number of carbonyl (C=O) groups excluding carboxylic acids is 1. The number of hydrogen-bond acceptors (Lipinski definition) is 3. The highest BCUT2D eigenvalue weighted by atomic mass is 35.5. The fourth-order valence-corrected chi connectivity index (χ4v) is 1.20. The maximum Gasteiger partial charge on any atom is 0.265 e. The number of hydrogen-bond donors (Lipinski definition) is 1. The second-order valence-corrected chi connectivity index (χ2v) is 2.68. The molecule has 0 atom stereocenters. The summed E-state index contributed by atoms with van der Waals surface area (Å²) >= 11 is 5.17. The summed E-state index contributed by atoms with van der Waals surface area (Å²) in [6, 6.07) is 4.87. The van der Waals surface area contributed by atoms with E-state index < -0.39 is 0 Å². The molecule has 5 heteroatoms. The van der Waals surface area contributed by atoms with Crippen molar-refractivity contribution >= 4 is 17.7 Å². The van der Waals surface area contributed by atoms with Crippen LogP contribution in [0.3, 0.4) is 0 Å². The lowest BCUT2D eigenvalue weighted by molar-refractivity contribution is 0.0981. The highest BCUT2D eigenvalue weighted by Crippen LogP contribution is 2.32. The van der Waals surface area contributed by atoms with Gasteiger partial charge in [-0.1, -0.05) is 0 Å². The van der Waals surface area contributed by atoms with Crippen LogP contribution in [-0.2, 0) is 0 Å². The third kappa shape index (κ3) is 1.40. The van der Waals surface area contributed by atoms with Crippen LogP contribution >= 0.6 is 11.8 Å². The molecule has 0 fully saturated rings. The summed E-state index contributed by atoms with van der Waals surface area (Å²) < 4.78 is 10.2. The molecule has 1 N–H and O–H groups in total. The second kappa shape index (κ2) is 3.14. The molecule has 0 aromatic heterocycles. The summed E-state index contributed by atoms with van der Waals surface area (Å²) in [6.45, 7) is 0.196. The summed E-state index contributed by atoms with van der Waals surface area (Å²) in [5.74, 6) is 0.851. The molecule has 0 bridgehead atoms. The Kier molecular flexibility index (Phi) is 1.98. The van der Waals surface area contributed by atoms with Crippen molar-refractivity contribution in [3.05, 3.63) is 23.8 Å². The molecule has 2 rings (SSSR count). The lowest BCUT2D eigenvalue weighted by Crippen LogP contribution is -2.11. The van der Waals surface area contributed by atoms with Gasteiger partial charge in [-0.2, -0.15) is 0 Å². The molecular weight excluding hydrogens is 194 g/mol. The fourth-order valence-electron chi connectivity index (χ4n) is 1.09. The number of amides is 1. The molecule has 0 radical (unpaired) electrons. The fraction of sp³-hybridized carbons (Fsp3) is 0.125.